The van der Waals surface area contributed by atoms with Crippen LogP contribution >= 0.6 is 0 Å². The Hall–Kier alpha value is -1.43. The molecule has 0 aliphatic heterocycles. The maximum absolute atomic E-state index is 11.8. The third kappa shape index (κ3) is 6.01. The molecule has 0 saturated heterocycles. The van der Waals surface area contributed by atoms with E-state index >= 15 is 0 Å². The molecule has 98 valence electrons. The van der Waals surface area contributed by atoms with E-state index in [2.05, 4.69) is 10.6 Å². The summed E-state index contributed by atoms with van der Waals surface area (Å²) in [5, 5.41) is 5.57. The number of nitrogens with zero attached hydrogens (tertiary/aromatic N) is 1. The Morgan fingerprint density at radius 1 is 1.18 bits per heavy atom. The smallest absolute Gasteiger partial charge is 0.243 e. The minimum Gasteiger partial charge on any atom is -0.353 e. The van der Waals surface area contributed by atoms with Crippen molar-refractivity contribution in [2.24, 2.45) is 0 Å². The van der Waals surface area contributed by atoms with Gasteiger partial charge in [-0.1, -0.05) is 0 Å². The number of ketones is 1. The molecular formula is C11H21N3O3. The topological polar surface area (TPSA) is 78.5 Å². The zero-order valence-corrected chi connectivity index (χ0v) is 10.9. The second kappa shape index (κ2) is 7.78. The number of carbonyl (C=O) groups excluding carboxylic acids is 3. The Morgan fingerprint density at radius 2 is 1.76 bits per heavy atom. The Bertz CT molecular complexity index is 292. The number of Topliss-reactive ketones (excluding diaryl/α,β-unsaturated/α-hetero) is 1. The number of nitrogens with one attached hydrogen (secondary N) is 2. The van der Waals surface area contributed by atoms with Crippen LogP contribution in [0.1, 0.15) is 20.3 Å². The number of carbonyl (C=O) groups is 3. The second-order valence-corrected chi connectivity index (χ2v) is 3.95. The van der Waals surface area contributed by atoms with Gasteiger partial charge in [0.2, 0.25) is 11.8 Å². The highest BCUT2D eigenvalue weighted by Crippen LogP contribution is 2.03. The first-order valence-electron chi connectivity index (χ1n) is 5.55. The number of likely N-dealkylation sites (N-methyl/N-ethyl adjacent to an activating group) is 2. The van der Waals surface area contributed by atoms with Crippen LogP contribution in [0.3, 0.4) is 0 Å². The Morgan fingerprint density at radius 3 is 2.18 bits per heavy atom. The summed E-state index contributed by atoms with van der Waals surface area (Å²) < 4.78 is 0. The number of hydrogen-bond donors (Lipinski definition) is 2. The molecule has 1 unspecified atom stereocenters. The van der Waals surface area contributed by atoms with Gasteiger partial charge in [-0.2, -0.15) is 0 Å². The molecule has 2 amide bonds. The van der Waals surface area contributed by atoms with Crippen LogP contribution in [0.2, 0.25) is 0 Å². The molecule has 0 spiro atoms. The van der Waals surface area contributed by atoms with Crippen molar-refractivity contribution in [3.05, 3.63) is 0 Å². The van der Waals surface area contributed by atoms with Gasteiger partial charge in [-0.15, -0.1) is 0 Å². The van der Waals surface area contributed by atoms with Crippen molar-refractivity contribution >= 4 is 17.6 Å². The lowest BCUT2D eigenvalue weighted by Gasteiger charge is -2.25. The molecule has 0 aliphatic rings. The zero-order valence-electron chi connectivity index (χ0n) is 10.9. The summed E-state index contributed by atoms with van der Waals surface area (Å²) in [7, 11) is 3.30. The van der Waals surface area contributed by atoms with Crippen LogP contribution in [0.4, 0.5) is 0 Å². The van der Waals surface area contributed by atoms with Crippen LogP contribution in [0, 0.1) is 0 Å². The number of amides is 2. The van der Waals surface area contributed by atoms with E-state index in [4.69, 9.17) is 0 Å². The molecule has 0 rings (SSSR count). The van der Waals surface area contributed by atoms with E-state index in [0.29, 0.717) is 13.1 Å². The van der Waals surface area contributed by atoms with Crippen molar-refractivity contribution in [2.75, 3.05) is 27.2 Å². The average Bonchev–Trinajstić information content (AvgIpc) is 2.24. The van der Waals surface area contributed by atoms with Gasteiger partial charge in [0.1, 0.15) is 11.8 Å². The number of rotatable bonds is 7. The normalized spacial score (nSPS) is 11.8. The molecule has 0 aliphatic carbocycles. The Balaban J connectivity index is 4.50. The van der Waals surface area contributed by atoms with Crippen molar-refractivity contribution in [1.29, 1.82) is 0 Å². The van der Waals surface area contributed by atoms with Gasteiger partial charge >= 0.3 is 0 Å². The predicted octanol–water partition coefficient (Wildman–Crippen LogP) is -0.852. The summed E-state index contributed by atoms with van der Waals surface area (Å²) in [6.45, 7) is 3.88. The fraction of sp³-hybridized carbons (Fsp3) is 0.727. The van der Waals surface area contributed by atoms with Crippen LogP contribution in [0.15, 0.2) is 0 Å². The van der Waals surface area contributed by atoms with Gasteiger partial charge in [0.25, 0.3) is 0 Å². The van der Waals surface area contributed by atoms with Gasteiger partial charge < -0.3 is 15.5 Å². The van der Waals surface area contributed by atoms with Gasteiger partial charge in [-0.05, 0) is 14.0 Å². The average molecular weight is 243 g/mol. The van der Waals surface area contributed by atoms with Gasteiger partial charge in [0.15, 0.2) is 0 Å². The molecule has 0 radical (unpaired) electrons. The molecule has 6 heteroatoms. The third-order valence-corrected chi connectivity index (χ3v) is 2.42. The molecule has 0 saturated carbocycles. The van der Waals surface area contributed by atoms with E-state index in [9.17, 15) is 14.4 Å². The summed E-state index contributed by atoms with van der Waals surface area (Å²) in [5.41, 5.74) is 0. The molecule has 0 aromatic carbocycles. The van der Waals surface area contributed by atoms with E-state index in [1.54, 1.807) is 7.05 Å². The first-order chi connectivity index (χ1) is 7.90. The summed E-state index contributed by atoms with van der Waals surface area (Å²) in [5.74, 6) is -0.653. The molecule has 17 heavy (non-hydrogen) atoms. The van der Waals surface area contributed by atoms with Crippen LogP contribution in [0.25, 0.3) is 0 Å². The van der Waals surface area contributed by atoms with Crippen LogP contribution in [-0.4, -0.2) is 55.7 Å². The molecule has 6 nitrogen and oxygen atoms in total. The van der Waals surface area contributed by atoms with Crippen molar-refractivity contribution < 1.29 is 14.4 Å². The SMILES string of the molecule is CNCCNC(=O)C(CC(C)=O)N(C)C(C)=O. The summed E-state index contributed by atoms with van der Waals surface area (Å²) >= 11 is 0. The summed E-state index contributed by atoms with van der Waals surface area (Å²) in [6.07, 6.45) is 0.0431. The fourth-order valence-corrected chi connectivity index (χ4v) is 1.33. The Labute approximate surface area is 102 Å². The highest BCUT2D eigenvalue weighted by Gasteiger charge is 2.25. The minimum absolute atomic E-state index is 0.0431. The van der Waals surface area contributed by atoms with Gasteiger partial charge in [0.05, 0.1) is 0 Å². The molecule has 0 aromatic rings. The van der Waals surface area contributed by atoms with Gasteiger partial charge in [-0.25, -0.2) is 0 Å². The van der Waals surface area contributed by atoms with E-state index in [1.807, 2.05) is 0 Å². The lowest BCUT2D eigenvalue weighted by molar-refractivity contribution is -0.139. The largest absolute Gasteiger partial charge is 0.353 e. The van der Waals surface area contributed by atoms with Crippen molar-refractivity contribution in [2.45, 2.75) is 26.3 Å². The molecule has 0 fully saturated rings. The molecule has 0 bridgehead atoms. The van der Waals surface area contributed by atoms with Crippen LogP contribution in [0.5, 0.6) is 0 Å². The molecule has 2 N–H and O–H groups in total. The number of hydrogen-bond acceptors (Lipinski definition) is 4. The van der Waals surface area contributed by atoms with Crippen molar-refractivity contribution in [3.63, 3.8) is 0 Å². The molecular weight excluding hydrogens is 222 g/mol. The molecule has 1 atom stereocenters. The fourth-order valence-electron chi connectivity index (χ4n) is 1.33. The lowest BCUT2D eigenvalue weighted by atomic mass is 10.1. The first kappa shape index (κ1) is 15.6. The highest BCUT2D eigenvalue weighted by atomic mass is 16.2. The first-order valence-corrected chi connectivity index (χ1v) is 5.55. The highest BCUT2D eigenvalue weighted by molar-refractivity contribution is 5.91. The zero-order chi connectivity index (χ0) is 13.4. The third-order valence-electron chi connectivity index (χ3n) is 2.42. The van der Waals surface area contributed by atoms with E-state index in [1.165, 1.54) is 25.8 Å². The lowest BCUT2D eigenvalue weighted by Crippen LogP contribution is -2.48. The molecule has 0 heterocycles. The van der Waals surface area contributed by atoms with E-state index < -0.39 is 6.04 Å². The van der Waals surface area contributed by atoms with Gasteiger partial charge in [-0.3, -0.25) is 14.4 Å². The Kier molecular flexibility index (Phi) is 7.13. The quantitative estimate of drug-likeness (QED) is 0.571. The van der Waals surface area contributed by atoms with E-state index in [-0.39, 0.29) is 24.0 Å². The minimum atomic E-state index is -0.721. The standard InChI is InChI=1S/C11H21N3O3/c1-8(15)7-10(14(4)9(2)16)11(17)13-6-5-12-3/h10,12H,5-7H2,1-4H3,(H,13,17). The van der Waals surface area contributed by atoms with Crippen molar-refractivity contribution in [3.8, 4) is 0 Å². The summed E-state index contributed by atoms with van der Waals surface area (Å²) in [6, 6.07) is -0.721. The predicted molar refractivity (Wildman–Crippen MR) is 64.5 cm³/mol. The molecule has 0 aromatic heterocycles. The monoisotopic (exact) mass is 243 g/mol. The second-order valence-electron chi connectivity index (χ2n) is 3.95. The van der Waals surface area contributed by atoms with E-state index in [0.717, 1.165) is 0 Å². The van der Waals surface area contributed by atoms with Crippen molar-refractivity contribution in [1.82, 2.24) is 15.5 Å². The van der Waals surface area contributed by atoms with Crippen LogP contribution in [-0.2, 0) is 14.4 Å². The summed E-state index contributed by atoms with van der Waals surface area (Å²) in [4.78, 5) is 35.4. The van der Waals surface area contributed by atoms with Gasteiger partial charge in [0, 0.05) is 33.5 Å². The maximum Gasteiger partial charge on any atom is 0.243 e. The van der Waals surface area contributed by atoms with Crippen LogP contribution < -0.4 is 10.6 Å². The maximum atomic E-state index is 11.8.